The van der Waals surface area contributed by atoms with E-state index in [1.165, 1.54) is 19.2 Å². The van der Waals surface area contributed by atoms with Crippen LogP contribution >= 0.6 is 15.9 Å². The molecule has 1 unspecified atom stereocenters. The summed E-state index contributed by atoms with van der Waals surface area (Å²) in [4.78, 5) is 29.6. The molecule has 0 aliphatic heterocycles. The van der Waals surface area contributed by atoms with Crippen molar-refractivity contribution in [1.29, 1.82) is 0 Å². The summed E-state index contributed by atoms with van der Waals surface area (Å²) in [6.07, 6.45) is 5.53. The van der Waals surface area contributed by atoms with Crippen molar-refractivity contribution in [3.63, 3.8) is 0 Å². The van der Waals surface area contributed by atoms with Gasteiger partial charge in [-0.05, 0) is 90.5 Å². The zero-order valence-corrected chi connectivity index (χ0v) is 28.3. The number of aryl methyl sites for hydroxylation is 2. The van der Waals surface area contributed by atoms with Crippen LogP contribution in [0.25, 0.3) is 0 Å². The third-order valence-corrected chi connectivity index (χ3v) is 10.6. The highest BCUT2D eigenvalue weighted by Crippen LogP contribution is 2.31. The van der Waals surface area contributed by atoms with Gasteiger partial charge in [0.25, 0.3) is 10.0 Å². The van der Waals surface area contributed by atoms with Crippen LogP contribution in [0.3, 0.4) is 0 Å². The maximum atomic E-state index is 14.4. The molecule has 1 aliphatic rings. The van der Waals surface area contributed by atoms with Crippen LogP contribution in [-0.4, -0.2) is 50.9 Å². The van der Waals surface area contributed by atoms with Crippen LogP contribution in [0.2, 0.25) is 0 Å². The van der Waals surface area contributed by atoms with Gasteiger partial charge in [0.15, 0.2) is 0 Å². The van der Waals surface area contributed by atoms with Crippen molar-refractivity contribution in [2.24, 2.45) is 0 Å². The van der Waals surface area contributed by atoms with E-state index in [1.54, 1.807) is 23.1 Å². The van der Waals surface area contributed by atoms with Crippen LogP contribution < -0.4 is 14.4 Å². The Morgan fingerprint density at radius 3 is 2.30 bits per heavy atom. The average molecular weight is 685 g/mol. The summed E-state index contributed by atoms with van der Waals surface area (Å²) in [6, 6.07) is 18.5. The fraction of sp³-hybridized carbons (Fsp3) is 0.412. The highest BCUT2D eigenvalue weighted by molar-refractivity contribution is 9.10. The first-order valence-corrected chi connectivity index (χ1v) is 17.4. The lowest BCUT2D eigenvalue weighted by Gasteiger charge is -2.34. The van der Waals surface area contributed by atoms with E-state index in [2.05, 4.69) is 21.2 Å². The van der Waals surface area contributed by atoms with Crippen LogP contribution in [0.1, 0.15) is 62.1 Å². The Morgan fingerprint density at radius 2 is 1.68 bits per heavy atom. The number of ether oxygens (including phenoxy) is 1. The second-order valence-corrected chi connectivity index (χ2v) is 14.1. The molecule has 2 amide bonds. The summed E-state index contributed by atoms with van der Waals surface area (Å²) in [6.45, 7) is 5.46. The van der Waals surface area contributed by atoms with Crippen molar-refractivity contribution in [2.75, 3.05) is 18.0 Å². The molecule has 3 aromatic rings. The number of rotatable bonds is 12. The second kappa shape index (κ2) is 15.1. The number of carbonyl (C=O) groups is 2. The lowest BCUT2D eigenvalue weighted by atomic mass is 9.95. The number of halogens is 1. The third-order valence-electron chi connectivity index (χ3n) is 8.25. The van der Waals surface area contributed by atoms with E-state index in [9.17, 15) is 18.0 Å². The fourth-order valence-electron chi connectivity index (χ4n) is 5.61. The minimum atomic E-state index is -4.20. The number of carbonyl (C=O) groups excluding carboxylic acids is 2. The number of methoxy groups -OCH3 is 1. The first kappa shape index (κ1) is 33.5. The van der Waals surface area contributed by atoms with E-state index < -0.39 is 28.5 Å². The van der Waals surface area contributed by atoms with Crippen molar-refractivity contribution in [3.8, 4) is 5.75 Å². The van der Waals surface area contributed by atoms with Gasteiger partial charge in [0.2, 0.25) is 11.8 Å². The molecule has 0 saturated heterocycles. The molecular formula is C34H42BrN3O5S. The molecule has 0 heterocycles. The number of nitrogens with one attached hydrogen (secondary N) is 1. The number of benzene rings is 3. The molecular weight excluding hydrogens is 642 g/mol. The molecule has 0 aromatic heterocycles. The van der Waals surface area contributed by atoms with E-state index in [0.717, 1.165) is 53.1 Å². The lowest BCUT2D eigenvalue weighted by Crippen LogP contribution is -2.54. The highest BCUT2D eigenvalue weighted by atomic mass is 79.9. The first-order valence-electron chi connectivity index (χ1n) is 15.1. The normalized spacial score (nSPS) is 14.5. The summed E-state index contributed by atoms with van der Waals surface area (Å²) < 4.78 is 35.3. The topological polar surface area (TPSA) is 96.0 Å². The summed E-state index contributed by atoms with van der Waals surface area (Å²) >= 11 is 3.39. The fourth-order valence-corrected chi connectivity index (χ4v) is 7.74. The second-order valence-electron chi connectivity index (χ2n) is 11.4. The van der Waals surface area contributed by atoms with Crippen molar-refractivity contribution < 1.29 is 22.7 Å². The largest absolute Gasteiger partial charge is 0.496 e. The quantitative estimate of drug-likeness (QED) is 0.234. The first-order chi connectivity index (χ1) is 21.0. The van der Waals surface area contributed by atoms with E-state index in [-0.39, 0.29) is 23.4 Å². The standard InChI is InChI=1S/C34H42BrN3O5S/c1-5-31(34(40)36-27-13-7-6-8-14-27)37(22-26-12-10-9-11-25(26)3)33(39)23-38(28-17-15-24(2)16-18-28)44(41,42)29-19-20-32(43-4)30(35)21-29/h9-12,15-21,27,31H,5-8,13-14,22-23H2,1-4H3,(H,36,40). The van der Waals surface area contributed by atoms with Gasteiger partial charge in [0, 0.05) is 12.6 Å². The molecule has 0 spiro atoms. The lowest BCUT2D eigenvalue weighted by molar-refractivity contribution is -0.140. The highest BCUT2D eigenvalue weighted by Gasteiger charge is 2.35. The van der Waals surface area contributed by atoms with Crippen LogP contribution in [0.5, 0.6) is 5.75 Å². The number of sulfonamides is 1. The van der Waals surface area contributed by atoms with Crippen molar-refractivity contribution in [2.45, 2.75) is 82.8 Å². The summed E-state index contributed by atoms with van der Waals surface area (Å²) in [5.41, 5.74) is 3.19. The van der Waals surface area contributed by atoms with Gasteiger partial charge in [0.1, 0.15) is 18.3 Å². The predicted octanol–water partition coefficient (Wildman–Crippen LogP) is 6.53. The van der Waals surface area contributed by atoms with Gasteiger partial charge in [-0.15, -0.1) is 0 Å². The average Bonchev–Trinajstić information content (AvgIpc) is 3.01. The zero-order chi connectivity index (χ0) is 31.9. The van der Waals surface area contributed by atoms with E-state index in [1.807, 2.05) is 57.2 Å². The zero-order valence-electron chi connectivity index (χ0n) is 25.9. The van der Waals surface area contributed by atoms with E-state index in [4.69, 9.17) is 4.74 Å². The maximum Gasteiger partial charge on any atom is 0.264 e. The Labute approximate surface area is 270 Å². The number of nitrogens with zero attached hydrogens (tertiary/aromatic N) is 2. The van der Waals surface area contributed by atoms with Crippen LogP contribution in [-0.2, 0) is 26.2 Å². The number of amides is 2. The minimum absolute atomic E-state index is 0.00564. The Kier molecular flexibility index (Phi) is 11.5. The summed E-state index contributed by atoms with van der Waals surface area (Å²) in [5, 5.41) is 3.19. The van der Waals surface area contributed by atoms with Gasteiger partial charge in [0.05, 0.1) is 22.2 Å². The molecule has 1 N–H and O–H groups in total. The monoisotopic (exact) mass is 683 g/mol. The van der Waals surface area contributed by atoms with E-state index >= 15 is 0 Å². The molecule has 8 nitrogen and oxygen atoms in total. The van der Waals surface area contributed by atoms with Crippen LogP contribution in [0, 0.1) is 13.8 Å². The molecule has 236 valence electrons. The molecule has 0 radical (unpaired) electrons. The number of anilines is 1. The summed E-state index contributed by atoms with van der Waals surface area (Å²) in [7, 11) is -2.70. The van der Waals surface area contributed by atoms with Crippen LogP contribution in [0.4, 0.5) is 5.69 Å². The Bertz CT molecular complexity index is 1560. The number of hydrogen-bond acceptors (Lipinski definition) is 5. The molecule has 3 aromatic carbocycles. The van der Waals surface area contributed by atoms with Gasteiger partial charge < -0.3 is 15.0 Å². The Morgan fingerprint density at radius 1 is 1.00 bits per heavy atom. The van der Waals surface area contributed by atoms with Crippen molar-refractivity contribution >= 4 is 43.5 Å². The Balaban J connectivity index is 1.73. The molecule has 1 saturated carbocycles. The van der Waals surface area contributed by atoms with Gasteiger partial charge >= 0.3 is 0 Å². The molecule has 1 fully saturated rings. The molecule has 10 heteroatoms. The Hall–Kier alpha value is -3.37. The SMILES string of the molecule is CCC(C(=O)NC1CCCCC1)N(Cc1ccccc1C)C(=O)CN(c1ccc(C)cc1)S(=O)(=O)c1ccc(OC)c(Br)c1. The molecule has 0 bridgehead atoms. The summed E-state index contributed by atoms with van der Waals surface area (Å²) in [5.74, 6) is -0.179. The molecule has 1 aliphatic carbocycles. The van der Waals surface area contributed by atoms with Gasteiger partial charge in [-0.3, -0.25) is 13.9 Å². The molecule has 44 heavy (non-hydrogen) atoms. The molecule has 4 rings (SSSR count). The predicted molar refractivity (Wildman–Crippen MR) is 177 cm³/mol. The van der Waals surface area contributed by atoms with Gasteiger partial charge in [-0.2, -0.15) is 0 Å². The van der Waals surface area contributed by atoms with Crippen LogP contribution in [0.15, 0.2) is 76.1 Å². The third kappa shape index (κ3) is 8.01. The smallest absolute Gasteiger partial charge is 0.264 e. The van der Waals surface area contributed by atoms with Crippen molar-refractivity contribution in [3.05, 3.63) is 87.9 Å². The van der Waals surface area contributed by atoms with Gasteiger partial charge in [-0.25, -0.2) is 8.42 Å². The minimum Gasteiger partial charge on any atom is -0.496 e. The van der Waals surface area contributed by atoms with Crippen molar-refractivity contribution in [1.82, 2.24) is 10.2 Å². The molecule has 1 atom stereocenters. The number of hydrogen-bond donors (Lipinski definition) is 1. The van der Waals surface area contributed by atoms with Gasteiger partial charge in [-0.1, -0.05) is 68.1 Å². The van der Waals surface area contributed by atoms with E-state index in [0.29, 0.717) is 22.3 Å². The maximum absolute atomic E-state index is 14.4.